The van der Waals surface area contributed by atoms with Crippen LogP contribution in [-0.4, -0.2) is 40.9 Å². The molecule has 3 fully saturated rings. The van der Waals surface area contributed by atoms with Gasteiger partial charge < -0.3 is 9.84 Å². The zero-order valence-corrected chi connectivity index (χ0v) is 31.1. The zero-order valence-electron chi connectivity index (χ0n) is 28.0. The molecule has 2 N–H and O–H groups in total. The molecule has 52 heavy (non-hydrogen) atoms. The number of aromatic hydroxyl groups is 1. The van der Waals surface area contributed by atoms with Gasteiger partial charge in [-0.3, -0.25) is 29.5 Å². The third kappa shape index (κ3) is 5.09. The predicted octanol–water partition coefficient (Wildman–Crippen LogP) is 7.97. The van der Waals surface area contributed by atoms with Gasteiger partial charge in [0.15, 0.2) is 0 Å². The van der Waals surface area contributed by atoms with Crippen LogP contribution < -0.4 is 15.1 Å². The van der Waals surface area contributed by atoms with Gasteiger partial charge in [-0.25, -0.2) is 0 Å². The minimum absolute atomic E-state index is 0.0834. The van der Waals surface area contributed by atoms with Crippen LogP contribution in [0, 0.1) is 30.6 Å². The molecule has 2 aliphatic carbocycles. The number of carbonyl (C=O) groups excluding carboxylic acids is 4. The number of phenols is 1. The van der Waals surface area contributed by atoms with Gasteiger partial charge in [-0.15, -0.1) is 0 Å². The number of imide groups is 2. The number of hydrogen-bond donors (Lipinski definition) is 2. The average molecular weight is 802 g/mol. The van der Waals surface area contributed by atoms with Crippen molar-refractivity contribution in [1.29, 1.82) is 0 Å². The van der Waals surface area contributed by atoms with Crippen LogP contribution >= 0.6 is 39.1 Å². The Kier molecular flexibility index (Phi) is 8.47. The number of anilines is 2. The number of rotatable bonds is 6. The van der Waals surface area contributed by atoms with E-state index < -0.39 is 46.8 Å². The van der Waals surface area contributed by atoms with Crippen molar-refractivity contribution in [3.8, 4) is 11.5 Å². The van der Waals surface area contributed by atoms with Gasteiger partial charge in [-0.1, -0.05) is 75.0 Å². The number of ether oxygens (including phenoxy) is 1. The monoisotopic (exact) mass is 799 g/mol. The lowest BCUT2D eigenvalue weighted by atomic mass is 9.49. The maximum atomic E-state index is 15.4. The van der Waals surface area contributed by atoms with Crippen LogP contribution in [0.25, 0.3) is 0 Å². The fraction of sp³-hybridized carbons (Fsp3) is 0.250. The minimum atomic E-state index is -1.50. The van der Waals surface area contributed by atoms with E-state index in [0.29, 0.717) is 38.8 Å². The van der Waals surface area contributed by atoms with E-state index in [1.165, 1.54) is 11.0 Å². The number of hydrogen-bond acceptors (Lipinski definition) is 7. The first kappa shape index (κ1) is 34.4. The van der Waals surface area contributed by atoms with E-state index in [0.717, 1.165) is 15.1 Å². The highest BCUT2D eigenvalue weighted by Crippen LogP contribution is 2.64. The molecule has 2 saturated heterocycles. The van der Waals surface area contributed by atoms with Gasteiger partial charge in [0.2, 0.25) is 11.8 Å². The third-order valence-electron chi connectivity index (χ3n) is 11.2. The first-order valence-corrected chi connectivity index (χ1v) is 18.4. The highest BCUT2D eigenvalue weighted by molar-refractivity contribution is 9.10. The molecule has 0 aromatic heterocycles. The molecule has 4 aliphatic rings. The number of aryl methyl sites for hydroxylation is 1. The molecule has 264 valence electrons. The van der Waals surface area contributed by atoms with Crippen LogP contribution in [0.2, 0.25) is 10.0 Å². The van der Waals surface area contributed by atoms with E-state index in [1.54, 1.807) is 74.7 Å². The Hall–Kier alpha value is -4.64. The molecule has 0 spiro atoms. The number of nitrogens with one attached hydrogen (secondary N) is 1. The number of hydrazine groups is 1. The molecule has 0 bridgehead atoms. The van der Waals surface area contributed by atoms with Crippen LogP contribution in [-0.2, 0) is 24.6 Å². The molecule has 1 saturated carbocycles. The average Bonchev–Trinajstić information content (AvgIpc) is 3.51. The van der Waals surface area contributed by atoms with E-state index in [1.807, 2.05) is 24.3 Å². The number of methoxy groups -OCH3 is 1. The summed E-state index contributed by atoms with van der Waals surface area (Å²) >= 11 is 16.1. The Morgan fingerprint density at radius 2 is 1.62 bits per heavy atom. The van der Waals surface area contributed by atoms with Gasteiger partial charge in [0.05, 0.1) is 46.7 Å². The quantitative estimate of drug-likeness (QED) is 0.150. The molecule has 8 rings (SSSR count). The molecule has 9 nitrogen and oxygen atoms in total. The molecule has 0 radical (unpaired) electrons. The summed E-state index contributed by atoms with van der Waals surface area (Å²) in [5, 5.41) is 12.3. The Morgan fingerprint density at radius 3 is 2.29 bits per heavy atom. The second-order valence-electron chi connectivity index (χ2n) is 13.7. The number of halogens is 3. The van der Waals surface area contributed by atoms with Gasteiger partial charge in [0.1, 0.15) is 11.5 Å². The van der Waals surface area contributed by atoms with Crippen molar-refractivity contribution in [2.75, 3.05) is 17.4 Å². The van der Waals surface area contributed by atoms with Gasteiger partial charge in [0.25, 0.3) is 11.8 Å². The number of allylic oxidation sites excluding steroid dienone is 2. The van der Waals surface area contributed by atoms with Crippen LogP contribution in [0.5, 0.6) is 11.5 Å². The van der Waals surface area contributed by atoms with E-state index >= 15 is 4.79 Å². The Labute approximate surface area is 318 Å². The van der Waals surface area contributed by atoms with Gasteiger partial charge in [0, 0.05) is 15.4 Å². The standard InChI is InChI=1S/C40H32BrCl2N3O6/c1-20-17-21(3-16-33(20)47)35-27-13-14-28-34(38(50)45(36(28)48)25-9-6-23(41)7-10-25)29(27)19-30-37(49)46(44-32-15-8-24(42)18-31(32)43)39(51)40(30,35)22-4-11-26(52-2)12-5-22/h3-13,15-18,28-30,34-35,44,47H,14,19H2,1-2H3. The van der Waals surface area contributed by atoms with Crippen LogP contribution in [0.15, 0.2) is 101 Å². The SMILES string of the molecule is COc1ccc(C23C(=O)N(Nc4ccc(Cl)cc4Cl)C(=O)C2CC2C(=CCC4C(=O)N(c5ccc(Br)cc5)C(=O)C42)C3c2ccc(O)c(C)c2)cc1. The third-order valence-corrected chi connectivity index (χ3v) is 12.3. The zero-order chi connectivity index (χ0) is 36.6. The van der Waals surface area contributed by atoms with Crippen molar-refractivity contribution < 1.29 is 29.0 Å². The molecular weight excluding hydrogens is 769 g/mol. The van der Waals surface area contributed by atoms with Crippen LogP contribution in [0.3, 0.4) is 0 Å². The molecule has 6 atom stereocenters. The van der Waals surface area contributed by atoms with Gasteiger partial charge in [-0.2, -0.15) is 5.01 Å². The van der Waals surface area contributed by atoms with Crippen molar-refractivity contribution in [3.63, 3.8) is 0 Å². The van der Waals surface area contributed by atoms with Gasteiger partial charge in [-0.05, 0) is 103 Å². The van der Waals surface area contributed by atoms with E-state index in [4.69, 9.17) is 27.9 Å². The summed E-state index contributed by atoms with van der Waals surface area (Å²) in [7, 11) is 1.55. The normalized spacial score (nSPS) is 26.6. The topological polar surface area (TPSA) is 116 Å². The number of nitrogens with zero attached hydrogens (tertiary/aromatic N) is 2. The van der Waals surface area contributed by atoms with E-state index in [9.17, 15) is 19.5 Å². The predicted molar refractivity (Wildman–Crippen MR) is 200 cm³/mol. The van der Waals surface area contributed by atoms with Crippen molar-refractivity contribution in [1.82, 2.24) is 5.01 Å². The highest BCUT2D eigenvalue weighted by atomic mass is 79.9. The maximum absolute atomic E-state index is 15.4. The van der Waals surface area contributed by atoms with Crippen molar-refractivity contribution >= 4 is 74.1 Å². The number of amides is 4. The van der Waals surface area contributed by atoms with Crippen molar-refractivity contribution in [3.05, 3.63) is 128 Å². The van der Waals surface area contributed by atoms with Crippen molar-refractivity contribution in [2.24, 2.45) is 23.7 Å². The summed E-state index contributed by atoms with van der Waals surface area (Å²) in [5.41, 5.74) is 4.98. The molecule has 4 aromatic carbocycles. The van der Waals surface area contributed by atoms with Crippen LogP contribution in [0.4, 0.5) is 11.4 Å². The summed E-state index contributed by atoms with van der Waals surface area (Å²) in [5.74, 6) is -4.58. The second-order valence-corrected chi connectivity index (χ2v) is 15.5. The summed E-state index contributed by atoms with van der Waals surface area (Å²) in [6.07, 6.45) is 2.42. The first-order chi connectivity index (χ1) is 24.9. The number of phenolic OH excluding ortho intramolecular Hbond substituents is 1. The fourth-order valence-corrected chi connectivity index (χ4v) is 9.64. The fourth-order valence-electron chi connectivity index (χ4n) is 8.92. The first-order valence-electron chi connectivity index (χ1n) is 16.8. The van der Waals surface area contributed by atoms with Crippen molar-refractivity contribution in [2.45, 2.75) is 31.1 Å². The second kappa shape index (κ2) is 12.8. The van der Waals surface area contributed by atoms with E-state index in [-0.39, 0.29) is 35.4 Å². The highest BCUT2D eigenvalue weighted by Gasteiger charge is 2.70. The molecule has 2 heterocycles. The summed E-state index contributed by atoms with van der Waals surface area (Å²) in [6.45, 7) is 1.77. The Bertz CT molecular complexity index is 2210. The largest absolute Gasteiger partial charge is 0.508 e. The molecule has 4 amide bonds. The lowest BCUT2D eigenvalue weighted by Gasteiger charge is -2.50. The Morgan fingerprint density at radius 1 is 0.885 bits per heavy atom. The number of fused-ring (bicyclic) bond motifs is 4. The van der Waals surface area contributed by atoms with E-state index in [2.05, 4.69) is 21.4 Å². The number of benzene rings is 4. The molecule has 6 unspecified atom stereocenters. The lowest BCUT2D eigenvalue weighted by Crippen LogP contribution is -2.53. The molecule has 2 aliphatic heterocycles. The summed E-state index contributed by atoms with van der Waals surface area (Å²) < 4.78 is 6.28. The smallest absolute Gasteiger partial charge is 0.260 e. The van der Waals surface area contributed by atoms with Crippen LogP contribution in [0.1, 0.15) is 35.4 Å². The summed E-state index contributed by atoms with van der Waals surface area (Å²) in [4.78, 5) is 60.0. The molecular formula is C40H32BrCl2N3O6. The Balaban J connectivity index is 1.33. The molecule has 4 aromatic rings. The lowest BCUT2D eigenvalue weighted by molar-refractivity contribution is -0.138. The summed E-state index contributed by atoms with van der Waals surface area (Å²) in [6, 6.07) is 24.1. The maximum Gasteiger partial charge on any atom is 0.260 e. The van der Waals surface area contributed by atoms with Gasteiger partial charge >= 0.3 is 0 Å². The number of carbonyl (C=O) groups is 4. The molecule has 12 heteroatoms. The minimum Gasteiger partial charge on any atom is -0.508 e.